The molecular formula is C8H11NO3. The van der Waals surface area contributed by atoms with Crippen molar-refractivity contribution >= 4 is 5.97 Å². The van der Waals surface area contributed by atoms with Gasteiger partial charge in [0.25, 0.3) is 0 Å². The summed E-state index contributed by atoms with van der Waals surface area (Å²) >= 11 is 0. The van der Waals surface area contributed by atoms with Crippen molar-refractivity contribution in [3.8, 4) is 0 Å². The van der Waals surface area contributed by atoms with Crippen LogP contribution in [0.2, 0.25) is 0 Å². The second-order valence-corrected chi connectivity index (χ2v) is 2.20. The van der Waals surface area contributed by atoms with Crippen LogP contribution in [-0.4, -0.2) is 12.6 Å². The van der Waals surface area contributed by atoms with Crippen LogP contribution in [0.3, 0.4) is 0 Å². The van der Waals surface area contributed by atoms with Gasteiger partial charge in [-0.25, -0.2) is 4.79 Å². The molecule has 0 spiro atoms. The first-order valence-electron chi connectivity index (χ1n) is 3.73. The number of carbonyl (C=O) groups is 1. The summed E-state index contributed by atoms with van der Waals surface area (Å²) in [6.45, 7) is 2.36. The van der Waals surface area contributed by atoms with E-state index in [9.17, 15) is 4.79 Å². The first-order chi connectivity index (χ1) is 5.79. The molecular weight excluding hydrogens is 158 g/mol. The van der Waals surface area contributed by atoms with Crippen molar-refractivity contribution in [1.29, 1.82) is 0 Å². The molecule has 0 bridgehead atoms. The van der Waals surface area contributed by atoms with E-state index in [2.05, 4.69) is 0 Å². The Morgan fingerprint density at radius 1 is 1.75 bits per heavy atom. The fourth-order valence-electron chi connectivity index (χ4n) is 0.872. The third kappa shape index (κ3) is 1.65. The van der Waals surface area contributed by atoms with E-state index in [0.717, 1.165) is 0 Å². The molecule has 0 amide bonds. The molecule has 0 radical (unpaired) electrons. The normalized spacial score (nSPS) is 9.83. The molecule has 2 N–H and O–H groups in total. The van der Waals surface area contributed by atoms with Crippen molar-refractivity contribution in [2.24, 2.45) is 5.73 Å². The molecule has 66 valence electrons. The first kappa shape index (κ1) is 8.80. The summed E-state index contributed by atoms with van der Waals surface area (Å²) in [6, 6.07) is 1.66. The second-order valence-electron chi connectivity index (χ2n) is 2.20. The van der Waals surface area contributed by atoms with E-state index in [1.165, 1.54) is 6.26 Å². The summed E-state index contributed by atoms with van der Waals surface area (Å²) in [5.41, 5.74) is 6.04. The van der Waals surface area contributed by atoms with Crippen molar-refractivity contribution in [3.05, 3.63) is 23.7 Å². The van der Waals surface area contributed by atoms with Crippen LogP contribution >= 0.6 is 0 Å². The highest BCUT2D eigenvalue weighted by molar-refractivity contribution is 5.87. The van der Waals surface area contributed by atoms with Gasteiger partial charge < -0.3 is 14.9 Å². The summed E-state index contributed by atoms with van der Waals surface area (Å²) in [4.78, 5) is 11.1. The zero-order valence-corrected chi connectivity index (χ0v) is 6.87. The molecule has 1 rings (SSSR count). The molecule has 4 heteroatoms. The molecule has 0 saturated heterocycles. The summed E-state index contributed by atoms with van der Waals surface area (Å²) < 4.78 is 9.66. The number of hydrogen-bond donors (Lipinski definition) is 1. The molecule has 12 heavy (non-hydrogen) atoms. The Balaban J connectivity index is 2.79. The van der Waals surface area contributed by atoms with Crippen molar-refractivity contribution < 1.29 is 13.9 Å². The Hall–Kier alpha value is -1.29. The highest BCUT2D eigenvalue weighted by Gasteiger charge is 2.14. The highest BCUT2D eigenvalue weighted by Crippen LogP contribution is 2.10. The van der Waals surface area contributed by atoms with Crippen LogP contribution in [0.1, 0.15) is 23.0 Å². The van der Waals surface area contributed by atoms with Gasteiger partial charge in [0.1, 0.15) is 0 Å². The predicted molar refractivity (Wildman–Crippen MR) is 42.6 cm³/mol. The van der Waals surface area contributed by atoms with E-state index >= 15 is 0 Å². The van der Waals surface area contributed by atoms with Crippen LogP contribution in [0.4, 0.5) is 0 Å². The van der Waals surface area contributed by atoms with E-state index in [-0.39, 0.29) is 12.3 Å². The number of nitrogens with two attached hydrogens (primary N) is 1. The minimum absolute atomic E-state index is 0.208. The van der Waals surface area contributed by atoms with Gasteiger partial charge in [-0.05, 0) is 13.0 Å². The van der Waals surface area contributed by atoms with Gasteiger partial charge in [-0.1, -0.05) is 0 Å². The van der Waals surface area contributed by atoms with Crippen LogP contribution in [-0.2, 0) is 11.3 Å². The second kappa shape index (κ2) is 3.92. The predicted octanol–water partition coefficient (Wildman–Crippen LogP) is 0.915. The molecule has 0 atom stereocenters. The minimum Gasteiger partial charge on any atom is -0.460 e. The van der Waals surface area contributed by atoms with Crippen molar-refractivity contribution in [2.45, 2.75) is 13.5 Å². The van der Waals surface area contributed by atoms with Crippen LogP contribution in [0.5, 0.6) is 0 Å². The molecule has 1 aromatic rings. The van der Waals surface area contributed by atoms with Crippen LogP contribution in [0.15, 0.2) is 16.7 Å². The van der Waals surface area contributed by atoms with E-state index in [4.69, 9.17) is 14.9 Å². The Bertz CT molecular complexity index is 267. The summed E-state index contributed by atoms with van der Waals surface area (Å²) in [7, 11) is 0. The van der Waals surface area contributed by atoms with E-state index in [1.54, 1.807) is 13.0 Å². The van der Waals surface area contributed by atoms with Gasteiger partial charge >= 0.3 is 5.97 Å². The molecule has 0 aliphatic rings. The van der Waals surface area contributed by atoms with Gasteiger partial charge in [-0.3, -0.25) is 0 Å². The lowest BCUT2D eigenvalue weighted by Gasteiger charge is -1.99. The van der Waals surface area contributed by atoms with Gasteiger partial charge in [-0.2, -0.15) is 0 Å². The van der Waals surface area contributed by atoms with Gasteiger partial charge in [0.05, 0.1) is 12.9 Å². The fraction of sp³-hybridized carbons (Fsp3) is 0.375. The zero-order chi connectivity index (χ0) is 8.97. The standard InChI is InChI=1S/C8H11NO3/c1-2-11-8(10)7-6(5-9)3-4-12-7/h3-4H,2,5,9H2,1H3. The number of esters is 1. The maximum atomic E-state index is 11.1. The SMILES string of the molecule is CCOC(=O)c1occc1CN. The number of furan rings is 1. The highest BCUT2D eigenvalue weighted by atomic mass is 16.5. The summed E-state index contributed by atoms with van der Waals surface area (Å²) in [6.07, 6.45) is 1.43. The third-order valence-electron chi connectivity index (χ3n) is 1.43. The lowest BCUT2D eigenvalue weighted by Crippen LogP contribution is -2.08. The molecule has 4 nitrogen and oxygen atoms in total. The monoisotopic (exact) mass is 169 g/mol. The topological polar surface area (TPSA) is 65.5 Å². The Kier molecular flexibility index (Phi) is 2.88. The average Bonchev–Trinajstić information content (AvgIpc) is 2.51. The Morgan fingerprint density at radius 2 is 2.50 bits per heavy atom. The average molecular weight is 169 g/mol. The van der Waals surface area contributed by atoms with Gasteiger partial charge in [0.15, 0.2) is 0 Å². The minimum atomic E-state index is -0.456. The molecule has 0 aromatic carbocycles. The molecule has 0 fully saturated rings. The smallest absolute Gasteiger partial charge is 0.374 e. The van der Waals surface area contributed by atoms with Crippen LogP contribution in [0, 0.1) is 0 Å². The zero-order valence-electron chi connectivity index (χ0n) is 6.87. The lowest BCUT2D eigenvalue weighted by atomic mass is 10.2. The maximum absolute atomic E-state index is 11.1. The molecule has 0 aliphatic carbocycles. The van der Waals surface area contributed by atoms with Crippen molar-refractivity contribution in [1.82, 2.24) is 0 Å². The number of carbonyl (C=O) groups excluding carboxylic acids is 1. The summed E-state index contributed by atoms with van der Waals surface area (Å²) in [5, 5.41) is 0. The number of ether oxygens (including phenoxy) is 1. The Morgan fingerprint density at radius 3 is 3.08 bits per heavy atom. The lowest BCUT2D eigenvalue weighted by molar-refractivity contribution is 0.0488. The molecule has 0 unspecified atom stereocenters. The van der Waals surface area contributed by atoms with Gasteiger partial charge in [0, 0.05) is 12.1 Å². The van der Waals surface area contributed by atoms with E-state index in [1.807, 2.05) is 0 Å². The quantitative estimate of drug-likeness (QED) is 0.683. The summed E-state index contributed by atoms with van der Waals surface area (Å²) in [5.74, 6) is -0.248. The third-order valence-corrected chi connectivity index (χ3v) is 1.43. The van der Waals surface area contributed by atoms with Crippen LogP contribution in [0.25, 0.3) is 0 Å². The van der Waals surface area contributed by atoms with E-state index in [0.29, 0.717) is 12.2 Å². The van der Waals surface area contributed by atoms with Crippen LogP contribution < -0.4 is 5.73 Å². The molecule has 0 aliphatic heterocycles. The fourth-order valence-corrected chi connectivity index (χ4v) is 0.872. The van der Waals surface area contributed by atoms with Gasteiger partial charge in [-0.15, -0.1) is 0 Å². The number of hydrogen-bond acceptors (Lipinski definition) is 4. The van der Waals surface area contributed by atoms with Gasteiger partial charge in [0.2, 0.25) is 5.76 Å². The van der Waals surface area contributed by atoms with Crippen molar-refractivity contribution in [2.75, 3.05) is 6.61 Å². The van der Waals surface area contributed by atoms with E-state index < -0.39 is 5.97 Å². The largest absolute Gasteiger partial charge is 0.460 e. The van der Waals surface area contributed by atoms with Crippen molar-refractivity contribution in [3.63, 3.8) is 0 Å². The first-order valence-corrected chi connectivity index (χ1v) is 3.73. The molecule has 1 heterocycles. The Labute approximate surface area is 70.3 Å². The maximum Gasteiger partial charge on any atom is 0.374 e. The molecule has 0 saturated carbocycles. The number of rotatable bonds is 3. The molecule has 1 aromatic heterocycles.